The molecular formula is C13H18N4O. The van der Waals surface area contributed by atoms with Gasteiger partial charge in [0.2, 0.25) is 0 Å². The van der Waals surface area contributed by atoms with Gasteiger partial charge in [0.05, 0.1) is 24.2 Å². The molecule has 5 heteroatoms. The molecule has 0 aliphatic carbocycles. The van der Waals surface area contributed by atoms with Gasteiger partial charge in [-0.3, -0.25) is 0 Å². The molecule has 1 unspecified atom stereocenters. The van der Waals surface area contributed by atoms with Gasteiger partial charge < -0.3 is 10.0 Å². The Hall–Kier alpha value is -1.46. The lowest BCUT2D eigenvalue weighted by Gasteiger charge is -2.29. The summed E-state index contributed by atoms with van der Waals surface area (Å²) in [5.74, 6) is 0.488. The van der Waals surface area contributed by atoms with E-state index in [-0.39, 0.29) is 6.61 Å². The van der Waals surface area contributed by atoms with Crippen molar-refractivity contribution in [1.82, 2.24) is 19.5 Å². The van der Waals surface area contributed by atoms with E-state index < -0.39 is 0 Å². The van der Waals surface area contributed by atoms with E-state index in [0.717, 1.165) is 23.6 Å². The zero-order valence-corrected chi connectivity index (χ0v) is 10.6. The Labute approximate surface area is 106 Å². The summed E-state index contributed by atoms with van der Waals surface area (Å²) in [7, 11) is 2.15. The van der Waals surface area contributed by atoms with E-state index in [9.17, 15) is 5.11 Å². The Morgan fingerprint density at radius 3 is 3.11 bits per heavy atom. The fourth-order valence-electron chi connectivity index (χ4n) is 2.67. The van der Waals surface area contributed by atoms with Crippen molar-refractivity contribution in [2.24, 2.45) is 0 Å². The largest absolute Gasteiger partial charge is 0.390 e. The van der Waals surface area contributed by atoms with Gasteiger partial charge in [0.1, 0.15) is 0 Å². The number of fused-ring (bicyclic) bond motifs is 1. The quantitative estimate of drug-likeness (QED) is 0.860. The highest BCUT2D eigenvalue weighted by Gasteiger charge is 2.20. The van der Waals surface area contributed by atoms with Crippen LogP contribution in [-0.4, -0.2) is 44.7 Å². The number of hydrogen-bond acceptors (Lipinski definition) is 4. The van der Waals surface area contributed by atoms with Crippen molar-refractivity contribution < 1.29 is 5.11 Å². The van der Waals surface area contributed by atoms with Crippen molar-refractivity contribution in [2.75, 3.05) is 20.1 Å². The fourth-order valence-corrected chi connectivity index (χ4v) is 2.67. The van der Waals surface area contributed by atoms with E-state index in [1.807, 2.05) is 6.07 Å². The molecule has 0 bridgehead atoms. The minimum atomic E-state index is -0.0256. The second kappa shape index (κ2) is 4.66. The number of aliphatic hydroxyl groups is 1. The van der Waals surface area contributed by atoms with Crippen molar-refractivity contribution in [2.45, 2.75) is 25.4 Å². The van der Waals surface area contributed by atoms with E-state index in [4.69, 9.17) is 0 Å². The molecule has 1 fully saturated rings. The highest BCUT2D eigenvalue weighted by Crippen LogP contribution is 2.24. The van der Waals surface area contributed by atoms with Gasteiger partial charge in [-0.25, -0.2) is 9.50 Å². The lowest BCUT2D eigenvalue weighted by Crippen LogP contribution is -2.31. The van der Waals surface area contributed by atoms with Gasteiger partial charge in [-0.1, -0.05) is 0 Å². The van der Waals surface area contributed by atoms with Gasteiger partial charge in [0.25, 0.3) is 0 Å². The maximum Gasteiger partial charge on any atom is 0.153 e. The van der Waals surface area contributed by atoms with Crippen molar-refractivity contribution in [3.63, 3.8) is 0 Å². The van der Waals surface area contributed by atoms with Crippen LogP contribution in [0.5, 0.6) is 0 Å². The number of likely N-dealkylation sites (tertiary alicyclic amines) is 1. The molecule has 1 atom stereocenters. The zero-order valence-electron chi connectivity index (χ0n) is 10.6. The van der Waals surface area contributed by atoms with Crippen LogP contribution < -0.4 is 0 Å². The number of imidazole rings is 1. The number of aliphatic hydroxyl groups excluding tert-OH is 1. The number of hydrogen-bond donors (Lipinski definition) is 1. The number of rotatable bonds is 2. The summed E-state index contributed by atoms with van der Waals surface area (Å²) >= 11 is 0. The summed E-state index contributed by atoms with van der Waals surface area (Å²) in [6, 6.07) is 4.05. The molecular weight excluding hydrogens is 228 g/mol. The number of likely N-dealkylation sites (N-methyl/N-ethyl adjacent to an activating group) is 1. The highest BCUT2D eigenvalue weighted by molar-refractivity contribution is 5.39. The molecule has 5 nitrogen and oxygen atoms in total. The normalized spacial score (nSPS) is 21.6. The Morgan fingerprint density at radius 2 is 2.33 bits per heavy atom. The van der Waals surface area contributed by atoms with Crippen LogP contribution in [0.3, 0.4) is 0 Å². The predicted octanol–water partition coefficient (Wildman–Crippen LogP) is 1.03. The molecule has 1 aliphatic rings. The second-order valence-electron chi connectivity index (χ2n) is 5.04. The fraction of sp³-hybridized carbons (Fsp3) is 0.538. The first-order valence-corrected chi connectivity index (χ1v) is 6.41. The molecule has 0 aromatic carbocycles. The molecule has 1 saturated heterocycles. The van der Waals surface area contributed by atoms with E-state index in [0.29, 0.717) is 5.92 Å². The lowest BCUT2D eigenvalue weighted by atomic mass is 9.95. The summed E-state index contributed by atoms with van der Waals surface area (Å²) < 4.78 is 1.75. The summed E-state index contributed by atoms with van der Waals surface area (Å²) in [6.07, 6.45) is 4.09. The molecule has 0 radical (unpaired) electrons. The molecule has 2 aromatic rings. The van der Waals surface area contributed by atoms with E-state index in [1.165, 1.54) is 19.4 Å². The van der Waals surface area contributed by atoms with E-state index >= 15 is 0 Å². The predicted molar refractivity (Wildman–Crippen MR) is 68.4 cm³/mol. The van der Waals surface area contributed by atoms with Crippen LogP contribution in [0.1, 0.15) is 30.1 Å². The van der Waals surface area contributed by atoms with Gasteiger partial charge in [-0.05, 0) is 38.6 Å². The molecule has 0 saturated carbocycles. The van der Waals surface area contributed by atoms with Crippen LogP contribution in [0.25, 0.3) is 5.65 Å². The summed E-state index contributed by atoms with van der Waals surface area (Å²) in [4.78, 5) is 6.57. The summed E-state index contributed by atoms with van der Waals surface area (Å²) in [6.45, 7) is 2.20. The molecule has 18 heavy (non-hydrogen) atoms. The van der Waals surface area contributed by atoms with Crippen LogP contribution in [0.15, 0.2) is 18.3 Å². The molecule has 1 N–H and O–H groups in total. The Morgan fingerprint density at radius 1 is 1.44 bits per heavy atom. The van der Waals surface area contributed by atoms with Crippen molar-refractivity contribution in [3.05, 3.63) is 29.7 Å². The molecule has 0 spiro atoms. The average Bonchev–Trinajstić information content (AvgIpc) is 2.80. The summed E-state index contributed by atoms with van der Waals surface area (Å²) in [5, 5.41) is 13.9. The van der Waals surface area contributed by atoms with Crippen molar-refractivity contribution >= 4 is 5.65 Å². The van der Waals surface area contributed by atoms with Crippen LogP contribution in [0.4, 0.5) is 0 Å². The smallest absolute Gasteiger partial charge is 0.153 e. The molecule has 3 rings (SSSR count). The third kappa shape index (κ3) is 2.00. The van der Waals surface area contributed by atoms with E-state index in [2.05, 4.69) is 28.1 Å². The third-order valence-electron chi connectivity index (χ3n) is 3.66. The maximum atomic E-state index is 9.26. The van der Waals surface area contributed by atoms with E-state index in [1.54, 1.807) is 10.7 Å². The second-order valence-corrected chi connectivity index (χ2v) is 5.04. The standard InChI is InChI=1S/C13H18N4O/c1-16-6-2-3-10(8-16)12-4-5-13-14-7-11(9-18)17(13)15-12/h4-5,7,10,18H,2-3,6,8-9H2,1H3. The van der Waals surface area contributed by atoms with Gasteiger partial charge >= 0.3 is 0 Å². The topological polar surface area (TPSA) is 53.7 Å². The molecule has 2 aromatic heterocycles. The Balaban J connectivity index is 1.96. The van der Waals surface area contributed by atoms with Gasteiger partial charge in [0.15, 0.2) is 5.65 Å². The minimum absolute atomic E-state index is 0.0256. The van der Waals surface area contributed by atoms with Crippen molar-refractivity contribution in [3.8, 4) is 0 Å². The van der Waals surface area contributed by atoms with Crippen LogP contribution in [-0.2, 0) is 6.61 Å². The highest BCUT2D eigenvalue weighted by atomic mass is 16.3. The Kier molecular flexibility index (Phi) is 3.01. The lowest BCUT2D eigenvalue weighted by molar-refractivity contribution is 0.247. The monoisotopic (exact) mass is 246 g/mol. The third-order valence-corrected chi connectivity index (χ3v) is 3.66. The van der Waals surface area contributed by atoms with Crippen LogP contribution in [0.2, 0.25) is 0 Å². The number of aromatic nitrogens is 3. The van der Waals surface area contributed by atoms with Crippen LogP contribution in [0, 0.1) is 0 Å². The summed E-state index contributed by atoms with van der Waals surface area (Å²) in [5.41, 5.74) is 2.64. The van der Waals surface area contributed by atoms with Crippen LogP contribution >= 0.6 is 0 Å². The first-order valence-electron chi connectivity index (χ1n) is 6.41. The van der Waals surface area contributed by atoms with Gasteiger partial charge in [-0.2, -0.15) is 5.10 Å². The average molecular weight is 246 g/mol. The molecule has 1 aliphatic heterocycles. The first-order chi connectivity index (χ1) is 8.78. The molecule has 3 heterocycles. The maximum absolute atomic E-state index is 9.26. The molecule has 0 amide bonds. The Bertz CT molecular complexity index is 551. The van der Waals surface area contributed by atoms with Crippen molar-refractivity contribution in [1.29, 1.82) is 0 Å². The first kappa shape index (κ1) is 11.6. The SMILES string of the molecule is CN1CCCC(c2ccc3ncc(CO)n3n2)C1. The molecule has 96 valence electrons. The number of piperidine rings is 1. The number of nitrogens with zero attached hydrogens (tertiary/aromatic N) is 4. The zero-order chi connectivity index (χ0) is 12.5. The van der Waals surface area contributed by atoms with Gasteiger partial charge in [-0.15, -0.1) is 0 Å². The minimum Gasteiger partial charge on any atom is -0.390 e. The van der Waals surface area contributed by atoms with Gasteiger partial charge in [0, 0.05) is 12.5 Å².